The molecule has 1 amide bonds. The van der Waals surface area contributed by atoms with Crippen molar-refractivity contribution >= 4 is 5.91 Å². The molecule has 1 unspecified atom stereocenters. The first-order valence-corrected chi connectivity index (χ1v) is 5.83. The summed E-state index contributed by atoms with van der Waals surface area (Å²) in [5, 5.41) is 0. The van der Waals surface area contributed by atoms with Gasteiger partial charge in [0.15, 0.2) is 0 Å². The third-order valence-corrected chi connectivity index (χ3v) is 3.61. The van der Waals surface area contributed by atoms with Gasteiger partial charge in [-0.3, -0.25) is 4.79 Å². The Kier molecular flexibility index (Phi) is 3.06. The molecule has 14 heavy (non-hydrogen) atoms. The van der Waals surface area contributed by atoms with E-state index in [9.17, 15) is 4.79 Å². The largest absolute Gasteiger partial charge is 0.341 e. The lowest BCUT2D eigenvalue weighted by atomic mass is 9.98. The van der Waals surface area contributed by atoms with Gasteiger partial charge in [-0.2, -0.15) is 0 Å². The van der Waals surface area contributed by atoms with E-state index in [1.54, 1.807) is 0 Å². The second kappa shape index (κ2) is 4.30. The Hall–Kier alpha value is -0.570. The van der Waals surface area contributed by atoms with Crippen LogP contribution in [0.1, 0.15) is 38.5 Å². The van der Waals surface area contributed by atoms with Crippen LogP contribution < -0.4 is 5.73 Å². The lowest BCUT2D eigenvalue weighted by Gasteiger charge is -2.24. The molecule has 2 N–H and O–H groups in total. The lowest BCUT2D eigenvalue weighted by molar-refractivity contribution is -0.132. The molecular weight excluding hydrogens is 176 g/mol. The molecule has 3 heteroatoms. The third kappa shape index (κ3) is 1.92. The van der Waals surface area contributed by atoms with Gasteiger partial charge < -0.3 is 10.6 Å². The maximum Gasteiger partial charge on any atom is 0.239 e. The Morgan fingerprint density at radius 3 is 2.29 bits per heavy atom. The summed E-state index contributed by atoms with van der Waals surface area (Å²) >= 11 is 0. The smallest absolute Gasteiger partial charge is 0.239 e. The van der Waals surface area contributed by atoms with E-state index in [-0.39, 0.29) is 11.9 Å². The number of hydrogen-bond acceptors (Lipinski definition) is 2. The fraction of sp³-hybridized carbons (Fsp3) is 0.909. The second-order valence-corrected chi connectivity index (χ2v) is 4.60. The van der Waals surface area contributed by atoms with Gasteiger partial charge in [-0.1, -0.05) is 12.8 Å². The van der Waals surface area contributed by atoms with E-state index in [4.69, 9.17) is 5.73 Å². The predicted molar refractivity (Wildman–Crippen MR) is 55.7 cm³/mol. The van der Waals surface area contributed by atoms with Gasteiger partial charge in [0.2, 0.25) is 5.91 Å². The molecule has 0 aromatic heterocycles. The molecule has 1 atom stereocenters. The highest BCUT2D eigenvalue weighted by atomic mass is 16.2. The zero-order chi connectivity index (χ0) is 9.97. The van der Waals surface area contributed by atoms with E-state index in [1.807, 2.05) is 4.90 Å². The molecule has 80 valence electrons. The molecule has 0 aromatic carbocycles. The monoisotopic (exact) mass is 196 g/mol. The zero-order valence-electron chi connectivity index (χ0n) is 8.74. The summed E-state index contributed by atoms with van der Waals surface area (Å²) in [6.45, 7) is 1.86. The van der Waals surface area contributed by atoms with Crippen molar-refractivity contribution in [2.45, 2.75) is 44.6 Å². The highest BCUT2D eigenvalue weighted by Gasteiger charge is 2.31. The standard InChI is InChI=1S/C11H20N2O/c12-10(9-5-1-2-6-9)11(14)13-7-3-4-8-13/h9-10H,1-8,12H2. The lowest BCUT2D eigenvalue weighted by Crippen LogP contribution is -2.46. The number of likely N-dealkylation sites (tertiary alicyclic amines) is 1. The molecule has 0 spiro atoms. The summed E-state index contributed by atoms with van der Waals surface area (Å²) in [4.78, 5) is 13.9. The highest BCUT2D eigenvalue weighted by molar-refractivity contribution is 5.82. The molecule has 0 radical (unpaired) electrons. The Balaban J connectivity index is 1.89. The summed E-state index contributed by atoms with van der Waals surface area (Å²) in [7, 11) is 0. The number of hydrogen-bond donors (Lipinski definition) is 1. The minimum Gasteiger partial charge on any atom is -0.341 e. The molecule has 3 nitrogen and oxygen atoms in total. The van der Waals surface area contributed by atoms with Gasteiger partial charge in [0.1, 0.15) is 0 Å². The molecule has 2 rings (SSSR count). The van der Waals surface area contributed by atoms with Crippen LogP contribution >= 0.6 is 0 Å². The van der Waals surface area contributed by atoms with Crippen LogP contribution in [0.5, 0.6) is 0 Å². The molecule has 2 fully saturated rings. The Labute approximate surface area is 85.6 Å². The van der Waals surface area contributed by atoms with E-state index in [0.717, 1.165) is 38.8 Å². The van der Waals surface area contributed by atoms with Crippen molar-refractivity contribution in [3.8, 4) is 0 Å². The highest BCUT2D eigenvalue weighted by Crippen LogP contribution is 2.28. The van der Waals surface area contributed by atoms with Crippen molar-refractivity contribution in [1.29, 1.82) is 0 Å². The van der Waals surface area contributed by atoms with Crippen LogP contribution in [0.3, 0.4) is 0 Å². The first-order valence-electron chi connectivity index (χ1n) is 5.83. The molecular formula is C11H20N2O. The van der Waals surface area contributed by atoms with Gasteiger partial charge in [-0.05, 0) is 31.6 Å². The van der Waals surface area contributed by atoms with Gasteiger partial charge in [0.25, 0.3) is 0 Å². The first-order chi connectivity index (χ1) is 6.79. The second-order valence-electron chi connectivity index (χ2n) is 4.60. The summed E-state index contributed by atoms with van der Waals surface area (Å²) < 4.78 is 0. The Bertz CT molecular complexity index is 205. The van der Waals surface area contributed by atoms with Gasteiger partial charge in [-0.25, -0.2) is 0 Å². The quantitative estimate of drug-likeness (QED) is 0.719. The fourth-order valence-corrected chi connectivity index (χ4v) is 2.67. The van der Waals surface area contributed by atoms with Gasteiger partial charge >= 0.3 is 0 Å². The van der Waals surface area contributed by atoms with Gasteiger partial charge in [0.05, 0.1) is 6.04 Å². The Morgan fingerprint density at radius 2 is 1.71 bits per heavy atom. The van der Waals surface area contributed by atoms with Gasteiger partial charge in [-0.15, -0.1) is 0 Å². The molecule has 0 aromatic rings. The van der Waals surface area contributed by atoms with Crippen LogP contribution in [-0.2, 0) is 4.79 Å². The first kappa shape index (κ1) is 9.97. The van der Waals surface area contributed by atoms with Crippen LogP contribution in [0, 0.1) is 5.92 Å². The minimum atomic E-state index is -0.212. The van der Waals surface area contributed by atoms with E-state index in [1.165, 1.54) is 12.8 Å². The number of nitrogens with two attached hydrogens (primary N) is 1. The number of rotatable bonds is 2. The maximum atomic E-state index is 11.9. The molecule has 2 aliphatic rings. The van der Waals surface area contributed by atoms with Crippen molar-refractivity contribution < 1.29 is 4.79 Å². The normalized spacial score (nSPS) is 25.6. The fourth-order valence-electron chi connectivity index (χ4n) is 2.67. The summed E-state index contributed by atoms with van der Waals surface area (Å²) in [6, 6.07) is -0.212. The van der Waals surface area contributed by atoms with E-state index >= 15 is 0 Å². The van der Waals surface area contributed by atoms with Crippen LogP contribution in [0.25, 0.3) is 0 Å². The third-order valence-electron chi connectivity index (χ3n) is 3.61. The van der Waals surface area contributed by atoms with Crippen LogP contribution in [0.4, 0.5) is 0 Å². The van der Waals surface area contributed by atoms with E-state index in [2.05, 4.69) is 0 Å². The molecule has 1 aliphatic heterocycles. The summed E-state index contributed by atoms with van der Waals surface area (Å²) in [5.41, 5.74) is 6.01. The van der Waals surface area contributed by atoms with Crippen molar-refractivity contribution in [1.82, 2.24) is 4.90 Å². The number of amides is 1. The minimum absolute atomic E-state index is 0.203. The topological polar surface area (TPSA) is 46.3 Å². The van der Waals surface area contributed by atoms with Crippen LogP contribution in [0.2, 0.25) is 0 Å². The SMILES string of the molecule is NC(C(=O)N1CCCC1)C1CCCC1. The summed E-state index contributed by atoms with van der Waals surface area (Å²) in [5.74, 6) is 0.664. The van der Waals surface area contributed by atoms with E-state index in [0.29, 0.717) is 5.92 Å². The van der Waals surface area contributed by atoms with E-state index < -0.39 is 0 Å². The Morgan fingerprint density at radius 1 is 1.14 bits per heavy atom. The molecule has 1 heterocycles. The van der Waals surface area contributed by atoms with Crippen molar-refractivity contribution in [2.24, 2.45) is 11.7 Å². The van der Waals surface area contributed by atoms with Crippen molar-refractivity contribution in [2.75, 3.05) is 13.1 Å². The predicted octanol–water partition coefficient (Wildman–Crippen LogP) is 1.13. The maximum absolute atomic E-state index is 11.9. The average Bonchev–Trinajstić information content (AvgIpc) is 2.87. The molecule has 0 bridgehead atoms. The van der Waals surface area contributed by atoms with Crippen LogP contribution in [0.15, 0.2) is 0 Å². The van der Waals surface area contributed by atoms with Crippen molar-refractivity contribution in [3.63, 3.8) is 0 Å². The average molecular weight is 196 g/mol. The number of carbonyl (C=O) groups is 1. The van der Waals surface area contributed by atoms with Crippen molar-refractivity contribution in [3.05, 3.63) is 0 Å². The summed E-state index contributed by atoms with van der Waals surface area (Å²) in [6.07, 6.45) is 7.13. The molecule has 1 aliphatic carbocycles. The number of carbonyl (C=O) groups excluding carboxylic acids is 1. The zero-order valence-corrected chi connectivity index (χ0v) is 8.74. The molecule has 1 saturated heterocycles. The van der Waals surface area contributed by atoms with Gasteiger partial charge in [0, 0.05) is 13.1 Å². The molecule has 1 saturated carbocycles. The van der Waals surface area contributed by atoms with Crippen LogP contribution in [-0.4, -0.2) is 29.9 Å². The number of nitrogens with zero attached hydrogens (tertiary/aromatic N) is 1.